The average Bonchev–Trinajstić information content (AvgIpc) is 3.33. The number of benzene rings is 2. The fourth-order valence-electron chi connectivity index (χ4n) is 3.58. The predicted octanol–water partition coefficient (Wildman–Crippen LogP) is 4.57. The smallest absolute Gasteiger partial charge is 0.257 e. The quantitative estimate of drug-likeness (QED) is 0.574. The molecule has 0 N–H and O–H groups in total. The first-order valence-electron chi connectivity index (χ1n) is 9.43. The van der Waals surface area contributed by atoms with Gasteiger partial charge in [0.1, 0.15) is 17.3 Å². The van der Waals surface area contributed by atoms with Gasteiger partial charge in [0.05, 0.1) is 23.6 Å². The van der Waals surface area contributed by atoms with E-state index in [0.717, 1.165) is 5.56 Å². The van der Waals surface area contributed by atoms with E-state index in [1.807, 2.05) is 12.1 Å². The van der Waals surface area contributed by atoms with Gasteiger partial charge in [0.15, 0.2) is 9.84 Å². The lowest BCUT2D eigenvalue weighted by Crippen LogP contribution is -2.40. The van der Waals surface area contributed by atoms with Gasteiger partial charge in [-0.1, -0.05) is 23.7 Å². The number of amides is 1. The number of halogens is 2. The van der Waals surface area contributed by atoms with Crippen molar-refractivity contribution in [3.8, 4) is 11.3 Å². The fraction of sp³-hybridized carbons (Fsp3) is 0.227. The number of furan rings is 1. The van der Waals surface area contributed by atoms with E-state index < -0.39 is 27.6 Å². The molecular formula is C22H19ClFNO4S. The molecule has 1 aliphatic rings. The molecule has 2 heterocycles. The van der Waals surface area contributed by atoms with Gasteiger partial charge in [-0.15, -0.1) is 0 Å². The van der Waals surface area contributed by atoms with Crippen molar-refractivity contribution >= 4 is 27.3 Å². The lowest BCUT2D eigenvalue weighted by molar-refractivity contribution is 0.0661. The molecule has 1 saturated heterocycles. The molecular weight excluding hydrogens is 429 g/mol. The van der Waals surface area contributed by atoms with Gasteiger partial charge in [-0.2, -0.15) is 0 Å². The van der Waals surface area contributed by atoms with Gasteiger partial charge in [0, 0.05) is 16.6 Å². The summed E-state index contributed by atoms with van der Waals surface area (Å²) in [5.41, 5.74) is 0.729. The van der Waals surface area contributed by atoms with Crippen molar-refractivity contribution in [2.75, 3.05) is 11.5 Å². The number of nitrogens with zero attached hydrogens (tertiary/aromatic N) is 1. The predicted molar refractivity (Wildman–Crippen MR) is 112 cm³/mol. The minimum Gasteiger partial charge on any atom is -0.459 e. The van der Waals surface area contributed by atoms with Crippen molar-refractivity contribution in [1.82, 2.24) is 4.90 Å². The number of hydrogen-bond acceptors (Lipinski definition) is 4. The Kier molecular flexibility index (Phi) is 5.66. The second-order valence-electron chi connectivity index (χ2n) is 7.24. The molecule has 0 saturated carbocycles. The van der Waals surface area contributed by atoms with Crippen LogP contribution in [0.3, 0.4) is 0 Å². The number of carbonyl (C=O) groups is 1. The third-order valence-electron chi connectivity index (χ3n) is 5.13. The van der Waals surface area contributed by atoms with E-state index in [2.05, 4.69) is 0 Å². The van der Waals surface area contributed by atoms with E-state index in [4.69, 9.17) is 16.0 Å². The number of carbonyl (C=O) groups excluding carboxylic acids is 1. The Labute approximate surface area is 179 Å². The van der Waals surface area contributed by atoms with Crippen LogP contribution in [0.2, 0.25) is 5.02 Å². The van der Waals surface area contributed by atoms with Crippen LogP contribution in [0.5, 0.6) is 0 Å². The molecule has 0 radical (unpaired) electrons. The standard InChI is InChI=1S/C22H19ClFNO4S/c23-16-7-5-15(6-8-16)21-10-9-18(29-21)13-25(17-11-12-30(27,28)14-17)22(26)19-3-1-2-4-20(19)24/h1-10,17H,11-14H2/t17-/m0/s1. The average molecular weight is 448 g/mol. The van der Waals surface area contributed by atoms with E-state index in [0.29, 0.717) is 23.0 Å². The highest BCUT2D eigenvalue weighted by Gasteiger charge is 2.36. The summed E-state index contributed by atoms with van der Waals surface area (Å²) in [5, 5.41) is 0.606. The Hall–Kier alpha value is -2.64. The van der Waals surface area contributed by atoms with E-state index in [1.165, 1.54) is 23.1 Å². The van der Waals surface area contributed by atoms with Crippen molar-refractivity contribution in [3.63, 3.8) is 0 Å². The lowest BCUT2D eigenvalue weighted by atomic mass is 10.1. The van der Waals surface area contributed by atoms with E-state index >= 15 is 0 Å². The van der Waals surface area contributed by atoms with Crippen LogP contribution in [-0.4, -0.2) is 36.8 Å². The van der Waals surface area contributed by atoms with Crippen LogP contribution >= 0.6 is 11.6 Å². The molecule has 156 valence electrons. The maximum atomic E-state index is 14.2. The molecule has 1 atom stereocenters. The summed E-state index contributed by atoms with van der Waals surface area (Å²) >= 11 is 5.92. The fourth-order valence-corrected chi connectivity index (χ4v) is 5.43. The zero-order valence-corrected chi connectivity index (χ0v) is 17.5. The van der Waals surface area contributed by atoms with Gasteiger partial charge in [-0.25, -0.2) is 12.8 Å². The van der Waals surface area contributed by atoms with Crippen molar-refractivity contribution < 1.29 is 22.0 Å². The van der Waals surface area contributed by atoms with E-state index in [-0.39, 0.29) is 23.6 Å². The normalized spacial score (nSPS) is 17.7. The molecule has 8 heteroatoms. The monoisotopic (exact) mass is 447 g/mol. The molecule has 1 aliphatic heterocycles. The summed E-state index contributed by atoms with van der Waals surface area (Å²) < 4.78 is 44.1. The lowest BCUT2D eigenvalue weighted by Gasteiger charge is -2.27. The largest absolute Gasteiger partial charge is 0.459 e. The number of sulfone groups is 1. The highest BCUT2D eigenvalue weighted by molar-refractivity contribution is 7.91. The Bertz CT molecular complexity index is 1170. The van der Waals surface area contributed by atoms with Gasteiger partial charge in [0.2, 0.25) is 0 Å². The van der Waals surface area contributed by atoms with Crippen molar-refractivity contribution in [2.24, 2.45) is 0 Å². The molecule has 0 bridgehead atoms. The number of rotatable bonds is 5. The zero-order chi connectivity index (χ0) is 21.3. The first kappa shape index (κ1) is 20.6. The minimum absolute atomic E-state index is 0.00684. The summed E-state index contributed by atoms with van der Waals surface area (Å²) in [7, 11) is -3.23. The van der Waals surface area contributed by atoms with Crippen LogP contribution in [-0.2, 0) is 16.4 Å². The summed E-state index contributed by atoms with van der Waals surface area (Å²) in [6.07, 6.45) is 0.313. The van der Waals surface area contributed by atoms with Crippen LogP contribution in [0.1, 0.15) is 22.5 Å². The first-order valence-corrected chi connectivity index (χ1v) is 11.6. The van der Waals surface area contributed by atoms with Gasteiger partial charge in [0.25, 0.3) is 5.91 Å². The third-order valence-corrected chi connectivity index (χ3v) is 7.13. The molecule has 1 fully saturated rings. The first-order chi connectivity index (χ1) is 14.3. The van der Waals surface area contributed by atoms with E-state index in [9.17, 15) is 17.6 Å². The Balaban J connectivity index is 1.63. The maximum absolute atomic E-state index is 14.2. The topological polar surface area (TPSA) is 67.6 Å². The Morgan fingerprint density at radius 1 is 1.10 bits per heavy atom. The van der Waals surface area contributed by atoms with Crippen molar-refractivity contribution in [2.45, 2.75) is 19.0 Å². The summed E-state index contributed by atoms with van der Waals surface area (Å²) in [6.45, 7) is 0.0426. The summed E-state index contributed by atoms with van der Waals surface area (Å²) in [4.78, 5) is 14.5. The van der Waals surface area contributed by atoms with Crippen LogP contribution in [0.15, 0.2) is 65.1 Å². The molecule has 0 unspecified atom stereocenters. The molecule has 3 aromatic rings. The number of hydrogen-bond donors (Lipinski definition) is 0. The van der Waals surface area contributed by atoms with Gasteiger partial charge < -0.3 is 9.32 Å². The van der Waals surface area contributed by atoms with E-state index in [1.54, 1.807) is 30.3 Å². The molecule has 30 heavy (non-hydrogen) atoms. The highest BCUT2D eigenvalue weighted by Crippen LogP contribution is 2.27. The molecule has 2 aromatic carbocycles. The summed E-state index contributed by atoms with van der Waals surface area (Å²) in [5.74, 6) is -0.257. The van der Waals surface area contributed by atoms with Crippen LogP contribution in [0.25, 0.3) is 11.3 Å². The van der Waals surface area contributed by atoms with Gasteiger partial charge in [-0.05, 0) is 55.0 Å². The van der Waals surface area contributed by atoms with Crippen LogP contribution in [0, 0.1) is 5.82 Å². The zero-order valence-electron chi connectivity index (χ0n) is 15.9. The third kappa shape index (κ3) is 4.42. The Morgan fingerprint density at radius 3 is 2.50 bits per heavy atom. The van der Waals surface area contributed by atoms with Crippen molar-refractivity contribution in [3.05, 3.63) is 82.8 Å². The van der Waals surface area contributed by atoms with Gasteiger partial charge >= 0.3 is 0 Å². The second-order valence-corrected chi connectivity index (χ2v) is 9.91. The van der Waals surface area contributed by atoms with Crippen LogP contribution < -0.4 is 0 Å². The SMILES string of the molecule is O=C(c1ccccc1F)N(Cc1ccc(-c2ccc(Cl)cc2)o1)[C@H]1CCS(=O)(=O)C1. The molecule has 1 amide bonds. The second kappa shape index (κ2) is 8.24. The maximum Gasteiger partial charge on any atom is 0.257 e. The Morgan fingerprint density at radius 2 is 1.83 bits per heavy atom. The summed E-state index contributed by atoms with van der Waals surface area (Å²) in [6, 6.07) is 15.8. The van der Waals surface area contributed by atoms with Crippen molar-refractivity contribution in [1.29, 1.82) is 0 Å². The molecule has 4 rings (SSSR count). The minimum atomic E-state index is -3.23. The van der Waals surface area contributed by atoms with Crippen LogP contribution in [0.4, 0.5) is 4.39 Å². The molecule has 0 aliphatic carbocycles. The van der Waals surface area contributed by atoms with Gasteiger partial charge in [-0.3, -0.25) is 4.79 Å². The molecule has 1 aromatic heterocycles. The molecule has 5 nitrogen and oxygen atoms in total. The molecule has 0 spiro atoms. The highest BCUT2D eigenvalue weighted by atomic mass is 35.5.